The van der Waals surface area contributed by atoms with E-state index in [-0.39, 0.29) is 30.0 Å². The summed E-state index contributed by atoms with van der Waals surface area (Å²) >= 11 is 0. The summed E-state index contributed by atoms with van der Waals surface area (Å²) in [5.41, 5.74) is 1.35. The highest BCUT2D eigenvalue weighted by Gasteiger charge is 2.46. The first-order chi connectivity index (χ1) is 18.4. The second-order valence-electron chi connectivity index (χ2n) is 10.0. The molecule has 0 aliphatic carbocycles. The molecule has 3 aliphatic rings. The fraction of sp³-hybridized carbons (Fsp3) is 0.464. The number of carbonyl (C=O) groups is 4. The van der Waals surface area contributed by atoms with Gasteiger partial charge in [0.25, 0.3) is 5.91 Å². The van der Waals surface area contributed by atoms with Crippen molar-refractivity contribution in [3.63, 3.8) is 0 Å². The topological polar surface area (TPSA) is 127 Å². The Morgan fingerprint density at radius 1 is 1.13 bits per heavy atom. The van der Waals surface area contributed by atoms with E-state index in [1.165, 1.54) is 0 Å². The Balaban J connectivity index is 1.36. The number of nitrogens with one attached hydrogen (secondary N) is 2. The van der Waals surface area contributed by atoms with E-state index < -0.39 is 36.3 Å². The second-order valence-corrected chi connectivity index (χ2v) is 10.0. The van der Waals surface area contributed by atoms with E-state index >= 15 is 0 Å². The van der Waals surface area contributed by atoms with Gasteiger partial charge in [0, 0.05) is 24.2 Å². The lowest BCUT2D eigenvalue weighted by atomic mass is 9.99. The maximum absolute atomic E-state index is 13.9. The number of fused-ring (bicyclic) bond motifs is 2. The fourth-order valence-corrected chi connectivity index (χ4v) is 5.62. The summed E-state index contributed by atoms with van der Waals surface area (Å²) in [6.45, 7) is 4.11. The number of benzene rings is 1. The van der Waals surface area contributed by atoms with Gasteiger partial charge in [0.2, 0.25) is 18.1 Å². The zero-order valence-electron chi connectivity index (χ0n) is 21.5. The number of esters is 1. The smallest absolute Gasteiger partial charge is 0.310 e. The van der Waals surface area contributed by atoms with Crippen LogP contribution in [-0.2, 0) is 23.9 Å². The minimum Gasteiger partial charge on any atom is -0.433 e. The molecule has 3 aliphatic heterocycles. The standard InChI is InChI=1S/C28H32N4O6/c1-3-37-28-21(15-23(33)38-28)31-25(34)22-11-9-18-14-16(2)8-10-20(27(36)32(18)22)30-26(35)24-19-7-5-4-6-17(19)12-13-29-24/h4-8,12-13,18,20-22,28H,3,9-11,14-15H2,1-2H3,(H,30,35)(H,31,34)/b16-8-/t18-,20-,21?,22-,28?/m0/s1. The number of nitrogens with zero attached hydrogens (tertiary/aromatic N) is 2. The molecular formula is C28H32N4O6. The van der Waals surface area contributed by atoms with Gasteiger partial charge >= 0.3 is 5.97 Å². The number of hydrogen-bond acceptors (Lipinski definition) is 7. The molecule has 0 radical (unpaired) electrons. The van der Waals surface area contributed by atoms with Crippen molar-refractivity contribution in [2.24, 2.45) is 0 Å². The van der Waals surface area contributed by atoms with Crippen LogP contribution in [0.5, 0.6) is 0 Å². The monoisotopic (exact) mass is 520 g/mol. The van der Waals surface area contributed by atoms with E-state index in [4.69, 9.17) is 9.47 Å². The summed E-state index contributed by atoms with van der Waals surface area (Å²) in [5.74, 6) is -1.53. The molecule has 38 heavy (non-hydrogen) atoms. The van der Waals surface area contributed by atoms with E-state index in [0.29, 0.717) is 37.7 Å². The molecule has 10 heteroatoms. The minimum absolute atomic E-state index is 0.0130. The third-order valence-electron chi connectivity index (χ3n) is 7.43. The SMILES string of the molecule is CCOC1OC(=O)CC1NC(=O)[C@@H]1CC[C@H]2C/C(C)=C\C[C@H](NC(=O)c3nccc4ccccc34)C(=O)N21. The number of rotatable bonds is 6. The van der Waals surface area contributed by atoms with E-state index in [1.54, 1.807) is 18.0 Å². The van der Waals surface area contributed by atoms with Crippen molar-refractivity contribution in [3.8, 4) is 0 Å². The first-order valence-corrected chi connectivity index (χ1v) is 13.1. The third-order valence-corrected chi connectivity index (χ3v) is 7.43. The number of hydrogen-bond donors (Lipinski definition) is 2. The van der Waals surface area contributed by atoms with Gasteiger partial charge in [-0.15, -0.1) is 0 Å². The molecule has 1 aromatic carbocycles. The Bertz CT molecular complexity index is 1290. The van der Waals surface area contributed by atoms with Crippen LogP contribution >= 0.6 is 0 Å². The van der Waals surface area contributed by atoms with Crippen LogP contribution in [0.1, 0.15) is 56.4 Å². The molecule has 200 valence electrons. The Morgan fingerprint density at radius 3 is 2.76 bits per heavy atom. The van der Waals surface area contributed by atoms with Crippen molar-refractivity contribution in [2.75, 3.05) is 6.61 Å². The van der Waals surface area contributed by atoms with Gasteiger partial charge in [-0.05, 0) is 51.0 Å². The first-order valence-electron chi connectivity index (χ1n) is 13.1. The molecule has 2 unspecified atom stereocenters. The molecule has 5 atom stereocenters. The minimum atomic E-state index is -0.845. The average Bonchev–Trinajstić information content (AvgIpc) is 3.47. The molecule has 4 heterocycles. The zero-order chi connectivity index (χ0) is 26.8. The molecule has 3 amide bonds. The van der Waals surface area contributed by atoms with Gasteiger partial charge in [0.1, 0.15) is 23.8 Å². The van der Waals surface area contributed by atoms with Gasteiger partial charge < -0.3 is 25.0 Å². The number of pyridine rings is 1. The molecule has 10 nitrogen and oxygen atoms in total. The lowest BCUT2D eigenvalue weighted by Gasteiger charge is -2.35. The van der Waals surface area contributed by atoms with E-state index in [0.717, 1.165) is 11.0 Å². The maximum Gasteiger partial charge on any atom is 0.310 e. The Kier molecular flexibility index (Phi) is 7.42. The van der Waals surface area contributed by atoms with E-state index in [1.807, 2.05) is 43.3 Å². The van der Waals surface area contributed by atoms with Crippen LogP contribution in [-0.4, -0.2) is 70.6 Å². The largest absolute Gasteiger partial charge is 0.433 e. The summed E-state index contributed by atoms with van der Waals surface area (Å²) in [6.07, 6.45) is 4.85. The Labute approximate surface area is 220 Å². The summed E-state index contributed by atoms with van der Waals surface area (Å²) in [4.78, 5) is 58.3. The maximum atomic E-state index is 13.9. The van der Waals surface area contributed by atoms with Crippen LogP contribution in [0.2, 0.25) is 0 Å². The molecule has 2 fully saturated rings. The Hall–Kier alpha value is -3.79. The molecule has 2 N–H and O–H groups in total. The number of amides is 3. The number of aromatic nitrogens is 1. The van der Waals surface area contributed by atoms with Crippen LogP contribution in [0, 0.1) is 0 Å². The molecule has 0 spiro atoms. The fourth-order valence-electron chi connectivity index (χ4n) is 5.62. The summed E-state index contributed by atoms with van der Waals surface area (Å²) < 4.78 is 10.6. The van der Waals surface area contributed by atoms with Crippen LogP contribution in [0.3, 0.4) is 0 Å². The van der Waals surface area contributed by atoms with Crippen LogP contribution in [0.25, 0.3) is 10.8 Å². The normalized spacial score (nSPS) is 28.6. The van der Waals surface area contributed by atoms with Crippen molar-refractivity contribution < 1.29 is 28.7 Å². The van der Waals surface area contributed by atoms with Gasteiger partial charge in [-0.25, -0.2) is 0 Å². The molecule has 0 bridgehead atoms. The average molecular weight is 521 g/mol. The number of carbonyl (C=O) groups excluding carboxylic acids is 4. The molecule has 2 aromatic rings. The van der Waals surface area contributed by atoms with Crippen LogP contribution in [0.4, 0.5) is 0 Å². The number of cyclic esters (lactones) is 1. The third kappa shape index (κ3) is 5.13. The lowest BCUT2D eigenvalue weighted by Crippen LogP contribution is -2.57. The predicted molar refractivity (Wildman–Crippen MR) is 138 cm³/mol. The number of ether oxygens (including phenoxy) is 2. The van der Waals surface area contributed by atoms with Gasteiger partial charge in [-0.1, -0.05) is 35.9 Å². The summed E-state index contributed by atoms with van der Waals surface area (Å²) in [5, 5.41) is 7.34. The van der Waals surface area contributed by atoms with Gasteiger partial charge in [0.05, 0.1) is 6.42 Å². The second kappa shape index (κ2) is 10.9. The highest BCUT2D eigenvalue weighted by Crippen LogP contribution is 2.32. The molecular weight excluding hydrogens is 488 g/mol. The Morgan fingerprint density at radius 2 is 1.95 bits per heavy atom. The van der Waals surface area contributed by atoms with E-state index in [9.17, 15) is 19.2 Å². The van der Waals surface area contributed by atoms with Crippen LogP contribution < -0.4 is 10.6 Å². The first kappa shape index (κ1) is 25.8. The molecule has 2 saturated heterocycles. The lowest BCUT2D eigenvalue weighted by molar-refractivity contribution is -0.164. The van der Waals surface area contributed by atoms with Crippen LogP contribution in [0.15, 0.2) is 48.2 Å². The molecule has 0 saturated carbocycles. The predicted octanol–water partition coefficient (Wildman–Crippen LogP) is 2.23. The van der Waals surface area contributed by atoms with Crippen molar-refractivity contribution >= 4 is 34.5 Å². The highest BCUT2D eigenvalue weighted by atomic mass is 16.7. The van der Waals surface area contributed by atoms with E-state index in [2.05, 4.69) is 15.6 Å². The van der Waals surface area contributed by atoms with Crippen molar-refractivity contribution in [2.45, 2.75) is 76.4 Å². The zero-order valence-corrected chi connectivity index (χ0v) is 21.5. The molecule has 5 rings (SSSR count). The van der Waals surface area contributed by atoms with Crippen molar-refractivity contribution in [1.82, 2.24) is 20.5 Å². The van der Waals surface area contributed by atoms with Gasteiger partial charge in [-0.3, -0.25) is 24.2 Å². The van der Waals surface area contributed by atoms with Gasteiger partial charge in [-0.2, -0.15) is 0 Å². The quantitative estimate of drug-likeness (QED) is 0.442. The molecule has 1 aromatic heterocycles. The van der Waals surface area contributed by atoms with Crippen molar-refractivity contribution in [1.29, 1.82) is 0 Å². The summed E-state index contributed by atoms with van der Waals surface area (Å²) in [7, 11) is 0. The van der Waals surface area contributed by atoms with Crippen molar-refractivity contribution in [3.05, 3.63) is 53.9 Å². The van der Waals surface area contributed by atoms with Gasteiger partial charge in [0.15, 0.2) is 0 Å². The highest BCUT2D eigenvalue weighted by molar-refractivity contribution is 6.06. The summed E-state index contributed by atoms with van der Waals surface area (Å²) in [6, 6.07) is 6.94.